The second-order valence-corrected chi connectivity index (χ2v) is 7.99. The molecular formula is C14H24N2O6S. The van der Waals surface area contributed by atoms with E-state index in [0.29, 0.717) is 0 Å². The Morgan fingerprint density at radius 3 is 2.48 bits per heavy atom. The number of hydrogen-bond acceptors (Lipinski definition) is 7. The third-order valence-corrected chi connectivity index (χ3v) is 4.33. The number of sulfone groups is 1. The Balaban J connectivity index is 2.64. The molecule has 132 valence electrons. The van der Waals surface area contributed by atoms with Gasteiger partial charge in [-0.05, 0) is 38.5 Å². The van der Waals surface area contributed by atoms with Crippen LogP contribution in [-0.2, 0) is 24.2 Å². The van der Waals surface area contributed by atoms with Crippen molar-refractivity contribution in [1.82, 2.24) is 5.32 Å². The number of nitrogens with one attached hydrogen (secondary N) is 2. The number of aliphatic hydroxyl groups is 1. The fourth-order valence-corrected chi connectivity index (χ4v) is 2.96. The summed E-state index contributed by atoms with van der Waals surface area (Å²) in [6.07, 6.45) is 4.23. The van der Waals surface area contributed by atoms with Crippen molar-refractivity contribution < 1.29 is 27.9 Å². The van der Waals surface area contributed by atoms with E-state index in [2.05, 4.69) is 5.32 Å². The van der Waals surface area contributed by atoms with Gasteiger partial charge in [0.15, 0.2) is 9.84 Å². The van der Waals surface area contributed by atoms with Crippen molar-refractivity contribution in [1.29, 1.82) is 5.41 Å². The monoisotopic (exact) mass is 348 g/mol. The largest absolute Gasteiger partial charge is 0.461 e. The van der Waals surface area contributed by atoms with Crippen molar-refractivity contribution in [3.8, 4) is 0 Å². The van der Waals surface area contributed by atoms with Gasteiger partial charge in [-0.15, -0.1) is 0 Å². The fraction of sp³-hybridized carbons (Fsp3) is 0.786. The quantitative estimate of drug-likeness (QED) is 0.390. The topological polar surface area (TPSA) is 134 Å². The lowest BCUT2D eigenvalue weighted by atomic mass is 10.1. The van der Waals surface area contributed by atoms with Crippen LogP contribution in [0.5, 0.6) is 0 Å². The van der Waals surface area contributed by atoms with Gasteiger partial charge in [0, 0.05) is 12.5 Å². The van der Waals surface area contributed by atoms with Crippen LogP contribution in [-0.4, -0.2) is 61.9 Å². The first-order chi connectivity index (χ1) is 10.7. The van der Waals surface area contributed by atoms with Crippen LogP contribution in [0.3, 0.4) is 0 Å². The van der Waals surface area contributed by atoms with Gasteiger partial charge in [-0.2, -0.15) is 0 Å². The molecule has 8 nitrogen and oxygen atoms in total. The van der Waals surface area contributed by atoms with Crippen LogP contribution in [0.25, 0.3) is 0 Å². The van der Waals surface area contributed by atoms with Gasteiger partial charge in [0.1, 0.15) is 17.9 Å². The summed E-state index contributed by atoms with van der Waals surface area (Å²) in [5, 5.41) is 18.7. The smallest absolute Gasteiger partial charge is 0.328 e. The average Bonchev–Trinajstić information content (AvgIpc) is 2.93. The molecule has 9 heteroatoms. The van der Waals surface area contributed by atoms with E-state index in [4.69, 9.17) is 10.1 Å². The molecule has 0 bridgehead atoms. The Hall–Kier alpha value is -1.48. The molecule has 0 aliphatic heterocycles. The maximum Gasteiger partial charge on any atom is 0.328 e. The molecule has 1 aliphatic carbocycles. The van der Waals surface area contributed by atoms with Crippen molar-refractivity contribution in [2.24, 2.45) is 0 Å². The molecule has 0 aromatic rings. The molecule has 0 aromatic carbocycles. The Kier molecular flexibility index (Phi) is 7.63. The fourth-order valence-electron chi connectivity index (χ4n) is 2.40. The zero-order valence-corrected chi connectivity index (χ0v) is 14.0. The number of carbonyl (C=O) groups is 2. The van der Waals surface area contributed by atoms with E-state index in [1.54, 1.807) is 0 Å². The summed E-state index contributed by atoms with van der Waals surface area (Å²) in [7, 11) is -3.50. The van der Waals surface area contributed by atoms with Gasteiger partial charge in [0.05, 0.1) is 6.10 Å². The van der Waals surface area contributed by atoms with Crippen LogP contribution < -0.4 is 5.32 Å². The Bertz CT molecular complexity index is 527. The highest BCUT2D eigenvalue weighted by Crippen LogP contribution is 2.21. The molecule has 23 heavy (non-hydrogen) atoms. The zero-order valence-electron chi connectivity index (χ0n) is 13.2. The Labute approximate surface area is 136 Å². The lowest BCUT2D eigenvalue weighted by molar-refractivity contribution is -0.152. The molecule has 1 saturated carbocycles. The minimum absolute atomic E-state index is 0.0671. The van der Waals surface area contributed by atoms with Gasteiger partial charge >= 0.3 is 5.97 Å². The normalized spacial score (nSPS) is 18.2. The molecule has 2 atom stereocenters. The predicted octanol–water partition coefficient (Wildman–Crippen LogP) is -0.208. The number of aliphatic hydroxyl groups excluding tert-OH is 1. The first-order valence-corrected chi connectivity index (χ1v) is 9.63. The minimum Gasteiger partial charge on any atom is -0.461 e. The van der Waals surface area contributed by atoms with E-state index in [1.165, 1.54) is 0 Å². The highest BCUT2D eigenvalue weighted by molar-refractivity contribution is 7.91. The number of carbonyl (C=O) groups excluding carboxylic acids is 2. The van der Waals surface area contributed by atoms with Crippen LogP contribution >= 0.6 is 0 Å². The Morgan fingerprint density at radius 1 is 1.35 bits per heavy atom. The summed E-state index contributed by atoms with van der Waals surface area (Å²) in [5.41, 5.74) is 0. The van der Waals surface area contributed by atoms with Crippen LogP contribution in [0.1, 0.15) is 38.5 Å². The lowest BCUT2D eigenvalue weighted by Gasteiger charge is -2.20. The number of hydrogen-bond donors (Lipinski definition) is 3. The van der Waals surface area contributed by atoms with Crippen LogP contribution in [0.15, 0.2) is 0 Å². The number of esters is 1. The van der Waals surface area contributed by atoms with Crippen molar-refractivity contribution in [2.45, 2.75) is 56.8 Å². The van der Waals surface area contributed by atoms with Crippen LogP contribution in [0.4, 0.5) is 0 Å². The second-order valence-electron chi connectivity index (χ2n) is 5.84. The summed E-state index contributed by atoms with van der Waals surface area (Å²) in [6.45, 7) is 0. The van der Waals surface area contributed by atoms with Crippen molar-refractivity contribution >= 4 is 27.9 Å². The number of amides is 1. The van der Waals surface area contributed by atoms with E-state index in [0.717, 1.165) is 38.2 Å². The van der Waals surface area contributed by atoms with Gasteiger partial charge in [0.2, 0.25) is 5.91 Å². The van der Waals surface area contributed by atoms with Gasteiger partial charge in [-0.25, -0.2) is 13.2 Å². The number of rotatable bonds is 9. The maximum atomic E-state index is 12.2. The standard InChI is InChI=1S/C14H24N2O6S/c1-23(20,21)9-13(18)16-12(7-6-10(17)8-15)14(19)22-11-4-2-3-5-11/h8,10-12,15,17H,2-7,9H2,1H3,(H,16,18). The molecule has 1 fully saturated rings. The van der Waals surface area contributed by atoms with Crippen molar-refractivity contribution in [3.63, 3.8) is 0 Å². The Morgan fingerprint density at radius 2 is 1.96 bits per heavy atom. The zero-order chi connectivity index (χ0) is 17.5. The van der Waals surface area contributed by atoms with E-state index >= 15 is 0 Å². The highest BCUT2D eigenvalue weighted by Gasteiger charge is 2.28. The van der Waals surface area contributed by atoms with E-state index < -0.39 is 39.6 Å². The highest BCUT2D eigenvalue weighted by atomic mass is 32.2. The molecular weight excluding hydrogens is 324 g/mol. The molecule has 0 heterocycles. The molecule has 3 N–H and O–H groups in total. The van der Waals surface area contributed by atoms with E-state index in [1.807, 2.05) is 0 Å². The van der Waals surface area contributed by atoms with Crippen LogP contribution in [0, 0.1) is 5.41 Å². The van der Waals surface area contributed by atoms with Gasteiger partial charge in [0.25, 0.3) is 0 Å². The summed E-state index contributed by atoms with van der Waals surface area (Å²) >= 11 is 0. The molecule has 0 spiro atoms. The van der Waals surface area contributed by atoms with Crippen molar-refractivity contribution in [2.75, 3.05) is 12.0 Å². The third kappa shape index (κ3) is 8.08. The molecule has 1 amide bonds. The van der Waals surface area contributed by atoms with E-state index in [-0.39, 0.29) is 18.9 Å². The molecule has 0 radical (unpaired) electrons. The molecule has 0 aromatic heterocycles. The average molecular weight is 348 g/mol. The van der Waals surface area contributed by atoms with Crippen molar-refractivity contribution in [3.05, 3.63) is 0 Å². The second kappa shape index (κ2) is 8.97. The predicted molar refractivity (Wildman–Crippen MR) is 84.0 cm³/mol. The molecule has 1 aliphatic rings. The lowest BCUT2D eigenvalue weighted by Crippen LogP contribution is -2.45. The molecule has 1 rings (SSSR count). The van der Waals surface area contributed by atoms with Crippen LogP contribution in [0.2, 0.25) is 0 Å². The minimum atomic E-state index is -3.50. The maximum absolute atomic E-state index is 12.2. The van der Waals surface area contributed by atoms with E-state index in [9.17, 15) is 23.1 Å². The summed E-state index contributed by atoms with van der Waals surface area (Å²) in [6, 6.07) is -1.03. The third-order valence-electron chi connectivity index (χ3n) is 3.54. The first-order valence-electron chi connectivity index (χ1n) is 7.57. The first kappa shape index (κ1) is 19.6. The molecule has 0 saturated heterocycles. The van der Waals surface area contributed by atoms with Gasteiger partial charge in [-0.3, -0.25) is 4.79 Å². The SMILES string of the molecule is CS(=O)(=O)CC(=O)NC(CCC(O)C=N)C(=O)OC1CCCC1. The summed E-state index contributed by atoms with van der Waals surface area (Å²) in [5.74, 6) is -2.13. The van der Waals surface area contributed by atoms with Gasteiger partial charge in [-0.1, -0.05) is 0 Å². The summed E-state index contributed by atoms with van der Waals surface area (Å²) < 4.78 is 27.6. The van der Waals surface area contributed by atoms with Gasteiger partial charge < -0.3 is 20.6 Å². The number of ether oxygens (including phenoxy) is 1. The summed E-state index contributed by atoms with van der Waals surface area (Å²) in [4.78, 5) is 23.9. The molecule has 2 unspecified atom stereocenters.